The first-order chi connectivity index (χ1) is 8.24. The molecule has 17 heavy (non-hydrogen) atoms. The van der Waals surface area contributed by atoms with E-state index in [2.05, 4.69) is 4.90 Å². The smallest absolute Gasteiger partial charge is 0.123 e. The molecule has 2 rings (SSSR count). The van der Waals surface area contributed by atoms with Gasteiger partial charge in [-0.2, -0.15) is 0 Å². The fourth-order valence-corrected chi connectivity index (χ4v) is 2.42. The molecule has 1 heterocycles. The normalized spacial score (nSPS) is 20.6. The number of aliphatic hydroxyl groups excluding tert-OH is 2. The Labute approximate surface area is 100 Å². The van der Waals surface area contributed by atoms with Crippen LogP contribution in [0.5, 0.6) is 0 Å². The summed E-state index contributed by atoms with van der Waals surface area (Å²) in [6.45, 7) is 1.70. The SMILES string of the molecule is OCc1cc(F)ccc1N1CCCC(CO)C1. The Morgan fingerprint density at radius 3 is 2.88 bits per heavy atom. The number of anilines is 1. The molecule has 1 fully saturated rings. The summed E-state index contributed by atoms with van der Waals surface area (Å²) in [6.07, 6.45) is 2.05. The van der Waals surface area contributed by atoms with Gasteiger partial charge in [0.15, 0.2) is 0 Å². The van der Waals surface area contributed by atoms with Crippen molar-refractivity contribution in [3.05, 3.63) is 29.6 Å². The molecule has 0 aromatic heterocycles. The molecule has 2 N–H and O–H groups in total. The Hall–Kier alpha value is -1.13. The molecule has 1 unspecified atom stereocenters. The maximum absolute atomic E-state index is 13.1. The minimum atomic E-state index is -0.325. The van der Waals surface area contributed by atoms with Gasteiger partial charge in [-0.3, -0.25) is 0 Å². The molecule has 0 spiro atoms. The zero-order valence-corrected chi connectivity index (χ0v) is 9.77. The summed E-state index contributed by atoms with van der Waals surface area (Å²) in [6, 6.07) is 4.50. The molecule has 0 radical (unpaired) electrons. The molecular formula is C13H18FNO2. The Morgan fingerprint density at radius 2 is 2.18 bits per heavy atom. The molecule has 94 valence electrons. The second kappa shape index (κ2) is 5.47. The fourth-order valence-electron chi connectivity index (χ4n) is 2.42. The van der Waals surface area contributed by atoms with Gasteiger partial charge in [0.25, 0.3) is 0 Å². The molecular weight excluding hydrogens is 221 g/mol. The summed E-state index contributed by atoms with van der Waals surface area (Å²) in [5.41, 5.74) is 1.50. The molecule has 1 aliphatic heterocycles. The van der Waals surface area contributed by atoms with Crippen LogP contribution in [-0.2, 0) is 6.61 Å². The second-order valence-corrected chi connectivity index (χ2v) is 4.57. The zero-order valence-electron chi connectivity index (χ0n) is 9.77. The lowest BCUT2D eigenvalue weighted by atomic mass is 9.98. The molecule has 0 bridgehead atoms. The highest BCUT2D eigenvalue weighted by atomic mass is 19.1. The minimum Gasteiger partial charge on any atom is -0.396 e. The number of hydrogen-bond acceptors (Lipinski definition) is 3. The lowest BCUT2D eigenvalue weighted by Crippen LogP contribution is -2.37. The van der Waals surface area contributed by atoms with Crippen molar-refractivity contribution in [3.8, 4) is 0 Å². The van der Waals surface area contributed by atoms with Gasteiger partial charge in [-0.25, -0.2) is 4.39 Å². The van der Waals surface area contributed by atoms with Gasteiger partial charge in [-0.05, 0) is 37.0 Å². The summed E-state index contributed by atoms with van der Waals surface area (Å²) < 4.78 is 13.1. The Balaban J connectivity index is 2.20. The Morgan fingerprint density at radius 1 is 1.35 bits per heavy atom. The molecule has 0 saturated carbocycles. The highest BCUT2D eigenvalue weighted by molar-refractivity contribution is 5.54. The summed E-state index contributed by atoms with van der Waals surface area (Å²) in [5, 5.41) is 18.4. The maximum atomic E-state index is 13.1. The van der Waals surface area contributed by atoms with Crippen molar-refractivity contribution in [3.63, 3.8) is 0 Å². The topological polar surface area (TPSA) is 43.7 Å². The molecule has 0 amide bonds. The summed E-state index contributed by atoms with van der Waals surface area (Å²) in [7, 11) is 0. The molecule has 1 atom stereocenters. The van der Waals surface area contributed by atoms with Crippen LogP contribution in [0.3, 0.4) is 0 Å². The number of aliphatic hydroxyl groups is 2. The maximum Gasteiger partial charge on any atom is 0.123 e. The van der Waals surface area contributed by atoms with Crippen molar-refractivity contribution in [1.82, 2.24) is 0 Å². The van der Waals surface area contributed by atoms with E-state index in [0.717, 1.165) is 31.6 Å². The predicted molar refractivity (Wildman–Crippen MR) is 64.3 cm³/mol. The van der Waals surface area contributed by atoms with Crippen LogP contribution in [0.2, 0.25) is 0 Å². The predicted octanol–water partition coefficient (Wildman–Crippen LogP) is 1.53. The van der Waals surface area contributed by atoms with Crippen LogP contribution >= 0.6 is 0 Å². The summed E-state index contributed by atoms with van der Waals surface area (Å²) in [5.74, 6) is -0.0473. The van der Waals surface area contributed by atoms with Crippen molar-refractivity contribution < 1.29 is 14.6 Å². The van der Waals surface area contributed by atoms with E-state index in [9.17, 15) is 14.6 Å². The van der Waals surface area contributed by atoms with E-state index in [0.29, 0.717) is 5.56 Å². The molecule has 1 saturated heterocycles. The summed E-state index contributed by atoms with van der Waals surface area (Å²) >= 11 is 0. The molecule has 1 aromatic rings. The van der Waals surface area contributed by atoms with Gasteiger partial charge in [0.2, 0.25) is 0 Å². The van der Waals surface area contributed by atoms with E-state index in [1.165, 1.54) is 12.1 Å². The molecule has 3 nitrogen and oxygen atoms in total. The van der Waals surface area contributed by atoms with Crippen LogP contribution in [0.25, 0.3) is 0 Å². The van der Waals surface area contributed by atoms with E-state index < -0.39 is 0 Å². The number of piperidine rings is 1. The van der Waals surface area contributed by atoms with Crippen molar-refractivity contribution in [2.24, 2.45) is 5.92 Å². The lowest BCUT2D eigenvalue weighted by molar-refractivity contribution is 0.208. The first-order valence-electron chi connectivity index (χ1n) is 5.99. The standard InChI is InChI=1S/C13H18FNO2/c14-12-3-4-13(11(6-12)9-17)15-5-1-2-10(7-15)8-16/h3-4,6,10,16-17H,1-2,5,7-9H2. The van der Waals surface area contributed by atoms with Crippen LogP contribution in [0.4, 0.5) is 10.1 Å². The van der Waals surface area contributed by atoms with E-state index in [1.807, 2.05) is 0 Å². The van der Waals surface area contributed by atoms with Crippen molar-refractivity contribution in [1.29, 1.82) is 0 Å². The number of nitrogens with zero attached hydrogens (tertiary/aromatic N) is 1. The average Bonchev–Trinajstić information content (AvgIpc) is 2.38. The third-order valence-corrected chi connectivity index (χ3v) is 3.33. The van der Waals surface area contributed by atoms with Gasteiger partial charge in [-0.15, -0.1) is 0 Å². The van der Waals surface area contributed by atoms with E-state index in [4.69, 9.17) is 0 Å². The summed E-state index contributed by atoms with van der Waals surface area (Å²) in [4.78, 5) is 2.12. The van der Waals surface area contributed by atoms with Gasteiger partial charge in [0.1, 0.15) is 5.82 Å². The van der Waals surface area contributed by atoms with Crippen LogP contribution in [0.1, 0.15) is 18.4 Å². The Bertz CT molecular complexity index is 384. The highest BCUT2D eigenvalue weighted by Gasteiger charge is 2.21. The highest BCUT2D eigenvalue weighted by Crippen LogP contribution is 2.27. The number of hydrogen-bond donors (Lipinski definition) is 2. The van der Waals surface area contributed by atoms with Gasteiger partial charge < -0.3 is 15.1 Å². The van der Waals surface area contributed by atoms with Crippen molar-refractivity contribution >= 4 is 5.69 Å². The van der Waals surface area contributed by atoms with Crippen LogP contribution in [-0.4, -0.2) is 29.9 Å². The molecule has 4 heteroatoms. The number of halogens is 1. The third kappa shape index (κ3) is 2.76. The van der Waals surface area contributed by atoms with Gasteiger partial charge in [0, 0.05) is 30.9 Å². The van der Waals surface area contributed by atoms with Crippen LogP contribution in [0.15, 0.2) is 18.2 Å². The van der Waals surface area contributed by atoms with Crippen LogP contribution < -0.4 is 4.90 Å². The lowest BCUT2D eigenvalue weighted by Gasteiger charge is -2.34. The minimum absolute atomic E-state index is 0.159. The largest absolute Gasteiger partial charge is 0.396 e. The van der Waals surface area contributed by atoms with Crippen molar-refractivity contribution in [2.75, 3.05) is 24.6 Å². The second-order valence-electron chi connectivity index (χ2n) is 4.57. The molecule has 1 aromatic carbocycles. The molecule has 1 aliphatic rings. The quantitative estimate of drug-likeness (QED) is 0.840. The van der Waals surface area contributed by atoms with E-state index >= 15 is 0 Å². The third-order valence-electron chi connectivity index (χ3n) is 3.33. The average molecular weight is 239 g/mol. The van der Waals surface area contributed by atoms with Gasteiger partial charge in [0.05, 0.1) is 6.61 Å². The zero-order chi connectivity index (χ0) is 12.3. The monoisotopic (exact) mass is 239 g/mol. The fraction of sp³-hybridized carbons (Fsp3) is 0.538. The van der Waals surface area contributed by atoms with Gasteiger partial charge in [-0.1, -0.05) is 0 Å². The van der Waals surface area contributed by atoms with Crippen LogP contribution in [0, 0.1) is 11.7 Å². The van der Waals surface area contributed by atoms with E-state index in [-0.39, 0.29) is 24.9 Å². The number of rotatable bonds is 3. The van der Waals surface area contributed by atoms with E-state index in [1.54, 1.807) is 6.07 Å². The van der Waals surface area contributed by atoms with Gasteiger partial charge >= 0.3 is 0 Å². The number of benzene rings is 1. The first kappa shape index (κ1) is 12.3. The first-order valence-corrected chi connectivity index (χ1v) is 5.99. The Kier molecular flexibility index (Phi) is 3.97. The molecule has 0 aliphatic carbocycles. The van der Waals surface area contributed by atoms with Crippen molar-refractivity contribution in [2.45, 2.75) is 19.4 Å².